The van der Waals surface area contributed by atoms with E-state index in [1.807, 2.05) is 0 Å². The van der Waals surface area contributed by atoms with Gasteiger partial charge in [-0.05, 0) is 24.3 Å². The fourth-order valence-corrected chi connectivity index (χ4v) is 2.90. The summed E-state index contributed by atoms with van der Waals surface area (Å²) in [7, 11) is 1.46. The summed E-state index contributed by atoms with van der Waals surface area (Å²) in [4.78, 5) is 20.5. The normalized spacial score (nSPS) is 10.7. The fourth-order valence-electron chi connectivity index (χ4n) is 2.90. The van der Waals surface area contributed by atoms with E-state index in [-0.39, 0.29) is 18.2 Å². The largest absolute Gasteiger partial charge is 0.504 e. The van der Waals surface area contributed by atoms with E-state index in [2.05, 4.69) is 25.7 Å². The lowest BCUT2D eigenvalue weighted by Crippen LogP contribution is -2.19. The first-order valence-corrected chi connectivity index (χ1v) is 8.88. The number of fused-ring (bicyclic) bond motifs is 1. The van der Waals surface area contributed by atoms with Crippen LogP contribution in [-0.4, -0.2) is 37.9 Å². The van der Waals surface area contributed by atoms with Gasteiger partial charge in [-0.1, -0.05) is 6.07 Å². The van der Waals surface area contributed by atoms with Crippen molar-refractivity contribution in [1.29, 1.82) is 0 Å². The lowest BCUT2D eigenvalue weighted by molar-refractivity contribution is -0.116. The number of rotatable bonds is 6. The van der Waals surface area contributed by atoms with Gasteiger partial charge in [0, 0.05) is 23.3 Å². The van der Waals surface area contributed by atoms with Gasteiger partial charge in [0.15, 0.2) is 11.5 Å². The number of hydrogen-bond acceptors (Lipinski definition) is 7. The van der Waals surface area contributed by atoms with Gasteiger partial charge in [-0.15, -0.1) is 0 Å². The number of nitrogens with zero attached hydrogens (tertiary/aromatic N) is 4. The van der Waals surface area contributed by atoms with Crippen LogP contribution in [0.15, 0.2) is 55.1 Å². The second-order valence-corrected chi connectivity index (χ2v) is 6.37. The summed E-state index contributed by atoms with van der Waals surface area (Å²) < 4.78 is 19.8. The van der Waals surface area contributed by atoms with Gasteiger partial charge in [-0.3, -0.25) is 9.48 Å². The Labute approximate surface area is 170 Å². The van der Waals surface area contributed by atoms with Crippen LogP contribution in [0.1, 0.15) is 0 Å². The third-order valence-corrected chi connectivity index (χ3v) is 4.25. The number of aromatic hydroxyl groups is 1. The molecule has 0 saturated heterocycles. The van der Waals surface area contributed by atoms with Crippen LogP contribution in [0.5, 0.6) is 11.5 Å². The predicted molar refractivity (Wildman–Crippen MR) is 108 cm³/mol. The molecule has 0 bridgehead atoms. The minimum Gasteiger partial charge on any atom is -0.504 e. The summed E-state index contributed by atoms with van der Waals surface area (Å²) in [6.07, 6.45) is 4.55. The summed E-state index contributed by atoms with van der Waals surface area (Å²) in [5.41, 5.74) is 1.54. The Kier molecular flexibility index (Phi) is 5.12. The second-order valence-electron chi connectivity index (χ2n) is 6.37. The molecule has 30 heavy (non-hydrogen) atoms. The number of ether oxygens (including phenoxy) is 1. The Morgan fingerprint density at radius 3 is 2.90 bits per heavy atom. The molecule has 10 heteroatoms. The van der Waals surface area contributed by atoms with Gasteiger partial charge < -0.3 is 20.5 Å². The molecule has 2 aromatic heterocycles. The van der Waals surface area contributed by atoms with E-state index in [1.54, 1.807) is 18.3 Å². The molecule has 4 aromatic rings. The molecule has 9 nitrogen and oxygen atoms in total. The zero-order valence-corrected chi connectivity index (χ0v) is 15.8. The zero-order valence-electron chi connectivity index (χ0n) is 15.8. The lowest BCUT2D eigenvalue weighted by Gasteiger charge is -2.09. The molecule has 0 radical (unpaired) electrons. The highest BCUT2D eigenvalue weighted by Crippen LogP contribution is 2.33. The van der Waals surface area contributed by atoms with Crippen molar-refractivity contribution < 1.29 is 19.0 Å². The minimum absolute atomic E-state index is 0.0347. The summed E-state index contributed by atoms with van der Waals surface area (Å²) in [5.74, 6) is -0.0441. The van der Waals surface area contributed by atoms with Crippen LogP contribution in [0.2, 0.25) is 0 Å². The van der Waals surface area contributed by atoms with Gasteiger partial charge in [-0.2, -0.15) is 5.10 Å². The molecule has 3 N–H and O–H groups in total. The molecule has 0 saturated carbocycles. The van der Waals surface area contributed by atoms with Crippen LogP contribution in [0.25, 0.3) is 10.9 Å². The van der Waals surface area contributed by atoms with Gasteiger partial charge in [0.1, 0.15) is 24.5 Å². The van der Waals surface area contributed by atoms with Gasteiger partial charge in [0.25, 0.3) is 0 Å². The number of carbonyl (C=O) groups is 1. The minimum atomic E-state index is -0.431. The molecular weight excluding hydrogens is 391 g/mol. The first-order chi connectivity index (χ1) is 14.5. The quantitative estimate of drug-likeness (QED) is 0.449. The second kappa shape index (κ2) is 8.03. The number of methoxy groups -OCH3 is 1. The number of carbonyl (C=O) groups excluding carboxylic acids is 1. The summed E-state index contributed by atoms with van der Waals surface area (Å²) in [5, 5.41) is 20.5. The number of benzene rings is 2. The van der Waals surface area contributed by atoms with E-state index >= 15 is 0 Å². The summed E-state index contributed by atoms with van der Waals surface area (Å²) in [6, 6.07) is 8.76. The smallest absolute Gasteiger partial charge is 0.246 e. The van der Waals surface area contributed by atoms with Crippen molar-refractivity contribution in [1.82, 2.24) is 19.7 Å². The van der Waals surface area contributed by atoms with E-state index in [0.29, 0.717) is 33.8 Å². The van der Waals surface area contributed by atoms with Gasteiger partial charge in [0.2, 0.25) is 5.91 Å². The Balaban J connectivity index is 1.48. The van der Waals surface area contributed by atoms with E-state index in [1.165, 1.54) is 48.6 Å². The molecule has 0 aliphatic rings. The van der Waals surface area contributed by atoms with Crippen LogP contribution in [0, 0.1) is 5.82 Å². The van der Waals surface area contributed by atoms with Gasteiger partial charge in [-0.25, -0.2) is 14.4 Å². The molecule has 1 amide bonds. The SMILES string of the molecule is COc1cc2ncnc(Nc3cnn(CC(=O)Nc4cccc(F)c4)c3)c2cc1O. The van der Waals surface area contributed by atoms with E-state index in [9.17, 15) is 14.3 Å². The highest BCUT2D eigenvalue weighted by Gasteiger charge is 2.11. The van der Waals surface area contributed by atoms with Crippen molar-refractivity contribution in [3.05, 3.63) is 60.9 Å². The number of phenols is 1. The maximum Gasteiger partial charge on any atom is 0.246 e. The molecule has 0 aliphatic heterocycles. The van der Waals surface area contributed by atoms with E-state index in [0.717, 1.165) is 0 Å². The zero-order chi connectivity index (χ0) is 21.1. The standard InChI is InChI=1S/C20H17FN6O3/c1-30-18-7-16-15(6-17(18)28)20(23-11-22-16)26-14-8-24-27(9-14)10-19(29)25-13-4-2-3-12(21)5-13/h2-9,11,28H,10H2,1H3,(H,25,29)(H,22,23,26). The maximum absolute atomic E-state index is 13.2. The van der Waals surface area contributed by atoms with Crippen molar-refractivity contribution in [2.24, 2.45) is 0 Å². The van der Waals surface area contributed by atoms with Crippen molar-refractivity contribution in [3.8, 4) is 11.5 Å². The molecule has 0 fully saturated rings. The molecule has 0 atom stereocenters. The van der Waals surface area contributed by atoms with Crippen LogP contribution in [0.4, 0.5) is 21.6 Å². The number of hydrogen-bond donors (Lipinski definition) is 3. The fraction of sp³-hybridized carbons (Fsp3) is 0.100. The monoisotopic (exact) mass is 408 g/mol. The Bertz CT molecular complexity index is 1230. The molecule has 152 valence electrons. The summed E-state index contributed by atoms with van der Waals surface area (Å²) in [6.45, 7) is -0.0549. The Hall–Kier alpha value is -4.21. The highest BCUT2D eigenvalue weighted by atomic mass is 19.1. The number of amides is 1. The predicted octanol–water partition coefficient (Wildman–Crippen LogP) is 3.06. The molecule has 0 aliphatic carbocycles. The van der Waals surface area contributed by atoms with Gasteiger partial charge in [0.05, 0.1) is 24.5 Å². The summed E-state index contributed by atoms with van der Waals surface area (Å²) >= 11 is 0. The first kappa shape index (κ1) is 19.1. The van der Waals surface area contributed by atoms with Crippen LogP contribution < -0.4 is 15.4 Å². The number of nitrogens with one attached hydrogen (secondary N) is 2. The van der Waals surface area contributed by atoms with Gasteiger partial charge >= 0.3 is 0 Å². The maximum atomic E-state index is 13.2. The molecule has 0 spiro atoms. The Morgan fingerprint density at radius 1 is 1.23 bits per heavy atom. The molecule has 4 rings (SSSR count). The Morgan fingerprint density at radius 2 is 2.10 bits per heavy atom. The van der Waals surface area contributed by atoms with Crippen LogP contribution in [-0.2, 0) is 11.3 Å². The molecule has 2 heterocycles. The topological polar surface area (TPSA) is 114 Å². The van der Waals surface area contributed by atoms with Crippen molar-refractivity contribution >= 4 is 34.0 Å². The van der Waals surface area contributed by atoms with E-state index in [4.69, 9.17) is 4.74 Å². The third kappa shape index (κ3) is 4.12. The molecule has 0 unspecified atom stereocenters. The first-order valence-electron chi connectivity index (χ1n) is 8.88. The number of aromatic nitrogens is 4. The van der Waals surface area contributed by atoms with Crippen molar-refractivity contribution in [3.63, 3.8) is 0 Å². The highest BCUT2D eigenvalue weighted by molar-refractivity contribution is 5.93. The number of halogens is 1. The van der Waals surface area contributed by atoms with Crippen molar-refractivity contribution in [2.45, 2.75) is 6.54 Å². The van der Waals surface area contributed by atoms with E-state index < -0.39 is 5.82 Å². The number of phenolic OH excluding ortho intramolecular Hbond substituents is 1. The number of anilines is 3. The average Bonchev–Trinajstić information content (AvgIpc) is 3.14. The van der Waals surface area contributed by atoms with Crippen LogP contribution in [0.3, 0.4) is 0 Å². The lowest BCUT2D eigenvalue weighted by atomic mass is 10.2. The average molecular weight is 408 g/mol. The van der Waals surface area contributed by atoms with Crippen molar-refractivity contribution in [2.75, 3.05) is 17.7 Å². The third-order valence-electron chi connectivity index (χ3n) is 4.25. The van der Waals surface area contributed by atoms with Crippen LogP contribution >= 0.6 is 0 Å². The molecule has 2 aromatic carbocycles. The molecular formula is C20H17FN6O3.